The van der Waals surface area contributed by atoms with Crippen LogP contribution in [0.3, 0.4) is 0 Å². The molecule has 0 spiro atoms. The summed E-state index contributed by atoms with van der Waals surface area (Å²) >= 11 is 8.05. The van der Waals surface area contributed by atoms with Crippen LogP contribution in [0.2, 0.25) is 5.02 Å². The fourth-order valence-corrected chi connectivity index (χ4v) is 2.30. The summed E-state index contributed by atoms with van der Waals surface area (Å²) < 4.78 is 0.845. The average Bonchev–Trinajstić information content (AvgIpc) is 2.43. The van der Waals surface area contributed by atoms with Crippen molar-refractivity contribution in [3.8, 4) is 0 Å². The molecule has 0 aliphatic carbocycles. The van der Waals surface area contributed by atoms with Gasteiger partial charge in [0.05, 0.1) is 21.2 Å². The Morgan fingerprint density at radius 2 is 2.05 bits per heavy atom. The van der Waals surface area contributed by atoms with E-state index in [1.807, 2.05) is 0 Å². The van der Waals surface area contributed by atoms with Crippen LogP contribution in [-0.2, 0) is 0 Å². The van der Waals surface area contributed by atoms with E-state index in [9.17, 15) is 14.9 Å². The monoisotopic (exact) mass is 416 g/mol. The third-order valence-corrected chi connectivity index (χ3v) is 4.50. The molecule has 1 N–H and O–H groups in total. The summed E-state index contributed by atoms with van der Waals surface area (Å²) in [5.74, 6) is -0.364. The lowest BCUT2D eigenvalue weighted by molar-refractivity contribution is -0.385. The third-order valence-electron chi connectivity index (χ3n) is 2.93. The molecule has 21 heavy (non-hydrogen) atoms. The van der Waals surface area contributed by atoms with Gasteiger partial charge < -0.3 is 5.32 Å². The van der Waals surface area contributed by atoms with Gasteiger partial charge in [0.25, 0.3) is 11.6 Å². The Bertz CT molecular complexity index is 734. The van der Waals surface area contributed by atoms with E-state index in [4.69, 9.17) is 11.6 Å². The minimum Gasteiger partial charge on any atom is -0.321 e. The maximum absolute atomic E-state index is 12.2. The highest BCUT2D eigenvalue weighted by Crippen LogP contribution is 2.26. The van der Waals surface area contributed by atoms with Crippen LogP contribution < -0.4 is 5.32 Å². The first-order chi connectivity index (χ1) is 9.90. The highest BCUT2D eigenvalue weighted by atomic mass is 127. The smallest absolute Gasteiger partial charge is 0.274 e. The highest BCUT2D eigenvalue weighted by molar-refractivity contribution is 14.1. The summed E-state index contributed by atoms with van der Waals surface area (Å²) in [4.78, 5) is 22.6. The molecular formula is C14H10ClIN2O3. The van der Waals surface area contributed by atoms with E-state index < -0.39 is 4.92 Å². The van der Waals surface area contributed by atoms with Crippen molar-refractivity contribution in [3.63, 3.8) is 0 Å². The lowest BCUT2D eigenvalue weighted by atomic mass is 10.1. The molecule has 0 saturated heterocycles. The quantitative estimate of drug-likeness (QED) is 0.457. The summed E-state index contributed by atoms with van der Waals surface area (Å²) in [6, 6.07) is 9.49. The fourth-order valence-electron chi connectivity index (χ4n) is 1.79. The van der Waals surface area contributed by atoms with E-state index in [1.165, 1.54) is 12.1 Å². The number of hydrogen-bond donors (Lipinski definition) is 1. The van der Waals surface area contributed by atoms with Gasteiger partial charge in [-0.2, -0.15) is 0 Å². The van der Waals surface area contributed by atoms with Crippen LogP contribution in [0.5, 0.6) is 0 Å². The summed E-state index contributed by atoms with van der Waals surface area (Å²) in [5, 5.41) is 14.0. The van der Waals surface area contributed by atoms with Gasteiger partial charge >= 0.3 is 0 Å². The van der Waals surface area contributed by atoms with Gasteiger partial charge in [-0.25, -0.2) is 0 Å². The van der Waals surface area contributed by atoms with E-state index >= 15 is 0 Å². The maximum atomic E-state index is 12.2. The molecule has 0 heterocycles. The van der Waals surface area contributed by atoms with Crippen molar-refractivity contribution in [2.75, 3.05) is 5.32 Å². The van der Waals surface area contributed by atoms with Crippen molar-refractivity contribution in [1.29, 1.82) is 0 Å². The molecule has 0 aromatic heterocycles. The van der Waals surface area contributed by atoms with Crippen LogP contribution in [0.1, 0.15) is 15.9 Å². The molecule has 0 aliphatic rings. The van der Waals surface area contributed by atoms with Crippen LogP contribution in [0.15, 0.2) is 36.4 Å². The lowest BCUT2D eigenvalue weighted by Gasteiger charge is -2.09. The molecule has 7 heteroatoms. The first-order valence-electron chi connectivity index (χ1n) is 5.90. The van der Waals surface area contributed by atoms with Gasteiger partial charge in [-0.15, -0.1) is 0 Å². The second-order valence-corrected chi connectivity index (χ2v) is 5.86. The Labute approximate surface area is 139 Å². The molecule has 5 nitrogen and oxygen atoms in total. The second-order valence-electron chi connectivity index (χ2n) is 4.29. The van der Waals surface area contributed by atoms with Gasteiger partial charge in [0.1, 0.15) is 0 Å². The van der Waals surface area contributed by atoms with Gasteiger partial charge in [0, 0.05) is 15.2 Å². The fraction of sp³-hybridized carbons (Fsp3) is 0.0714. The Hall–Kier alpha value is -1.67. The molecule has 1 amide bonds. The molecule has 2 rings (SSSR count). The molecule has 0 saturated carbocycles. The number of nitrogens with one attached hydrogen (secondary N) is 1. The van der Waals surface area contributed by atoms with Crippen LogP contribution in [-0.4, -0.2) is 10.8 Å². The Balaban J connectivity index is 2.29. The SMILES string of the molecule is Cc1c(NC(=O)c2ccc(I)c(Cl)c2)cccc1[N+](=O)[O-]. The average molecular weight is 417 g/mol. The topological polar surface area (TPSA) is 72.2 Å². The summed E-state index contributed by atoms with van der Waals surface area (Å²) in [5.41, 5.74) is 1.18. The van der Waals surface area contributed by atoms with Crippen LogP contribution in [0, 0.1) is 20.6 Å². The lowest BCUT2D eigenvalue weighted by Crippen LogP contribution is -2.13. The molecule has 108 valence electrons. The molecule has 0 atom stereocenters. The van der Waals surface area contributed by atoms with Crippen molar-refractivity contribution < 1.29 is 9.72 Å². The largest absolute Gasteiger partial charge is 0.321 e. The number of nitro groups is 1. The van der Waals surface area contributed by atoms with Gasteiger partial charge in [0.2, 0.25) is 0 Å². The number of benzene rings is 2. The molecule has 0 aliphatic heterocycles. The van der Waals surface area contributed by atoms with Crippen molar-refractivity contribution in [1.82, 2.24) is 0 Å². The van der Waals surface area contributed by atoms with Crippen LogP contribution >= 0.6 is 34.2 Å². The molecular weight excluding hydrogens is 407 g/mol. The standard InChI is InChI=1S/C14H10ClIN2O3/c1-8-12(3-2-4-13(8)18(20)21)17-14(19)9-5-6-11(16)10(15)7-9/h2-7H,1H3,(H,17,19). The first-order valence-corrected chi connectivity index (χ1v) is 7.36. The maximum Gasteiger partial charge on any atom is 0.274 e. The number of anilines is 1. The minimum absolute atomic E-state index is 0.0338. The number of hydrogen-bond acceptors (Lipinski definition) is 3. The van der Waals surface area contributed by atoms with Crippen molar-refractivity contribution >= 4 is 51.5 Å². The highest BCUT2D eigenvalue weighted by Gasteiger charge is 2.15. The summed E-state index contributed by atoms with van der Waals surface area (Å²) in [6.45, 7) is 1.59. The predicted molar refractivity (Wildman–Crippen MR) is 90.0 cm³/mol. The zero-order valence-corrected chi connectivity index (χ0v) is 13.8. The zero-order chi connectivity index (χ0) is 15.6. The predicted octanol–water partition coefficient (Wildman–Crippen LogP) is 4.41. The number of nitrogens with zero attached hydrogens (tertiary/aromatic N) is 1. The number of amides is 1. The van der Waals surface area contributed by atoms with Gasteiger partial charge in [-0.1, -0.05) is 17.7 Å². The Kier molecular flexibility index (Phi) is 4.79. The number of halogens is 2. The van der Waals surface area contributed by atoms with Crippen molar-refractivity contribution in [2.24, 2.45) is 0 Å². The molecule has 0 bridgehead atoms. The van der Waals surface area contributed by atoms with Crippen molar-refractivity contribution in [2.45, 2.75) is 6.92 Å². The molecule has 2 aromatic carbocycles. The van der Waals surface area contributed by atoms with E-state index in [0.29, 0.717) is 21.8 Å². The number of nitro benzene ring substituents is 1. The first kappa shape index (κ1) is 15.7. The number of carbonyl (C=O) groups is 1. The van der Waals surface area contributed by atoms with Gasteiger partial charge in [0.15, 0.2) is 0 Å². The second kappa shape index (κ2) is 6.40. The van der Waals surface area contributed by atoms with E-state index in [1.54, 1.807) is 31.2 Å². The van der Waals surface area contributed by atoms with Gasteiger partial charge in [-0.05, 0) is 53.8 Å². The molecule has 0 radical (unpaired) electrons. The molecule has 0 fully saturated rings. The molecule has 0 unspecified atom stereocenters. The third kappa shape index (κ3) is 3.51. The van der Waals surface area contributed by atoms with Crippen LogP contribution in [0.4, 0.5) is 11.4 Å². The summed E-state index contributed by atoms with van der Waals surface area (Å²) in [6.07, 6.45) is 0. The molecule has 2 aromatic rings. The zero-order valence-electron chi connectivity index (χ0n) is 10.9. The van der Waals surface area contributed by atoms with Crippen molar-refractivity contribution in [3.05, 3.63) is 66.2 Å². The van der Waals surface area contributed by atoms with E-state index in [2.05, 4.69) is 27.9 Å². The number of rotatable bonds is 3. The Morgan fingerprint density at radius 3 is 2.67 bits per heavy atom. The summed E-state index contributed by atoms with van der Waals surface area (Å²) in [7, 11) is 0. The normalized spacial score (nSPS) is 10.2. The van der Waals surface area contributed by atoms with Gasteiger partial charge in [-0.3, -0.25) is 14.9 Å². The minimum atomic E-state index is -0.479. The van der Waals surface area contributed by atoms with Crippen LogP contribution in [0.25, 0.3) is 0 Å². The Morgan fingerprint density at radius 1 is 1.33 bits per heavy atom. The van der Waals surface area contributed by atoms with E-state index in [-0.39, 0.29) is 11.6 Å². The number of carbonyl (C=O) groups excluding carboxylic acids is 1. The van der Waals surface area contributed by atoms with E-state index in [0.717, 1.165) is 3.57 Å².